The fraction of sp³-hybridized carbons (Fsp3) is 0.111. The Kier molecular flexibility index (Phi) is 3.13. The van der Waals surface area contributed by atoms with Crippen LogP contribution in [0.5, 0.6) is 0 Å². The van der Waals surface area contributed by atoms with Crippen LogP contribution in [-0.4, -0.2) is 6.54 Å². The molecule has 1 aromatic carbocycles. The van der Waals surface area contributed by atoms with E-state index in [1.165, 1.54) is 6.07 Å². The van der Waals surface area contributed by atoms with Crippen LogP contribution >= 0.6 is 11.6 Å². The molecule has 0 saturated carbocycles. The smallest absolute Gasteiger partial charge is 0.165 e. The van der Waals surface area contributed by atoms with Gasteiger partial charge in [0, 0.05) is 5.56 Å². The van der Waals surface area contributed by atoms with E-state index >= 15 is 0 Å². The Morgan fingerprint density at radius 1 is 1.46 bits per heavy atom. The molecular formula is C9H8ClFN2. The van der Waals surface area contributed by atoms with Gasteiger partial charge in [-0.25, -0.2) is 4.39 Å². The van der Waals surface area contributed by atoms with Gasteiger partial charge in [-0.1, -0.05) is 23.4 Å². The lowest BCUT2D eigenvalue weighted by molar-refractivity contribution is 0.632. The van der Waals surface area contributed by atoms with Crippen molar-refractivity contribution in [1.29, 1.82) is 0 Å². The number of halogens is 2. The topological polar surface area (TPSA) is 52.0 Å². The molecule has 0 aromatic heterocycles. The van der Waals surface area contributed by atoms with Crippen LogP contribution in [0, 0.1) is 17.7 Å². The van der Waals surface area contributed by atoms with Crippen molar-refractivity contribution in [3.05, 3.63) is 28.5 Å². The second-order valence-electron chi connectivity index (χ2n) is 2.34. The van der Waals surface area contributed by atoms with Gasteiger partial charge in [0.25, 0.3) is 0 Å². The highest BCUT2D eigenvalue weighted by Gasteiger charge is 2.07. The minimum absolute atomic E-state index is 0.0169. The summed E-state index contributed by atoms with van der Waals surface area (Å²) in [4.78, 5) is 0. The Morgan fingerprint density at radius 2 is 2.15 bits per heavy atom. The Bertz CT molecular complexity index is 379. The maximum Gasteiger partial charge on any atom is 0.165 e. The molecule has 0 spiro atoms. The van der Waals surface area contributed by atoms with Crippen molar-refractivity contribution in [2.75, 3.05) is 12.3 Å². The zero-order valence-corrected chi connectivity index (χ0v) is 7.53. The van der Waals surface area contributed by atoms with Crippen LogP contribution in [0.3, 0.4) is 0 Å². The van der Waals surface area contributed by atoms with Crippen LogP contribution in [0.1, 0.15) is 5.56 Å². The minimum Gasteiger partial charge on any atom is -0.396 e. The van der Waals surface area contributed by atoms with Crippen LogP contribution in [0.2, 0.25) is 5.02 Å². The number of benzene rings is 1. The number of nitrogen functional groups attached to an aromatic ring is 1. The molecule has 0 bridgehead atoms. The third kappa shape index (κ3) is 2.11. The van der Waals surface area contributed by atoms with Gasteiger partial charge in [-0.15, -0.1) is 0 Å². The molecule has 0 amide bonds. The summed E-state index contributed by atoms with van der Waals surface area (Å²) < 4.78 is 13.1. The molecule has 0 aliphatic carbocycles. The molecule has 0 radical (unpaired) electrons. The zero-order valence-electron chi connectivity index (χ0n) is 6.77. The molecule has 4 heteroatoms. The zero-order chi connectivity index (χ0) is 9.84. The molecule has 1 rings (SSSR count). The third-order valence-corrected chi connectivity index (χ3v) is 1.81. The van der Waals surface area contributed by atoms with Gasteiger partial charge in [0.1, 0.15) is 0 Å². The standard InChI is InChI=1S/C9H8ClFN2/c10-8-6(2-1-5-12)3-4-7(13)9(8)11/h3-4H,5,12-13H2. The van der Waals surface area contributed by atoms with Crippen molar-refractivity contribution in [3.63, 3.8) is 0 Å². The largest absolute Gasteiger partial charge is 0.396 e. The third-order valence-electron chi connectivity index (χ3n) is 1.44. The molecule has 0 unspecified atom stereocenters. The highest BCUT2D eigenvalue weighted by atomic mass is 35.5. The molecule has 13 heavy (non-hydrogen) atoms. The predicted octanol–water partition coefficient (Wildman–Crippen LogP) is 1.37. The molecule has 0 aliphatic heterocycles. The summed E-state index contributed by atoms with van der Waals surface area (Å²) in [5.74, 6) is 4.58. The lowest BCUT2D eigenvalue weighted by atomic mass is 10.2. The van der Waals surface area contributed by atoms with E-state index in [1.807, 2.05) is 0 Å². The Labute approximate surface area is 80.7 Å². The van der Waals surface area contributed by atoms with Gasteiger partial charge in [0.15, 0.2) is 5.82 Å². The summed E-state index contributed by atoms with van der Waals surface area (Å²) in [7, 11) is 0. The molecule has 0 atom stereocenters. The van der Waals surface area contributed by atoms with Gasteiger partial charge in [0.05, 0.1) is 17.3 Å². The Hall–Kier alpha value is -1.24. The van der Waals surface area contributed by atoms with Gasteiger partial charge >= 0.3 is 0 Å². The average Bonchev–Trinajstić information content (AvgIpc) is 2.13. The lowest BCUT2D eigenvalue weighted by Gasteiger charge is -2.00. The fourth-order valence-corrected chi connectivity index (χ4v) is 1.03. The molecule has 0 aliphatic rings. The summed E-state index contributed by atoms with van der Waals surface area (Å²) in [5.41, 5.74) is 10.9. The lowest BCUT2D eigenvalue weighted by Crippen LogP contribution is -1.95. The van der Waals surface area contributed by atoms with E-state index in [4.69, 9.17) is 23.1 Å². The van der Waals surface area contributed by atoms with E-state index in [1.54, 1.807) is 6.07 Å². The number of rotatable bonds is 0. The molecule has 68 valence electrons. The highest BCUT2D eigenvalue weighted by Crippen LogP contribution is 2.23. The summed E-state index contributed by atoms with van der Waals surface area (Å²) in [5, 5.41) is -0.0547. The van der Waals surface area contributed by atoms with Crippen LogP contribution in [-0.2, 0) is 0 Å². The molecule has 0 saturated heterocycles. The minimum atomic E-state index is -0.634. The average molecular weight is 199 g/mol. The van der Waals surface area contributed by atoms with Crippen molar-refractivity contribution in [2.45, 2.75) is 0 Å². The quantitative estimate of drug-likeness (QED) is 0.489. The number of hydrogen-bond acceptors (Lipinski definition) is 2. The Morgan fingerprint density at radius 3 is 2.77 bits per heavy atom. The summed E-state index contributed by atoms with van der Waals surface area (Å²) >= 11 is 5.64. The molecule has 0 fully saturated rings. The van der Waals surface area contributed by atoms with Gasteiger partial charge in [-0.2, -0.15) is 0 Å². The maximum atomic E-state index is 13.1. The highest BCUT2D eigenvalue weighted by molar-refractivity contribution is 6.32. The van der Waals surface area contributed by atoms with Gasteiger partial charge in [-0.3, -0.25) is 0 Å². The predicted molar refractivity (Wildman–Crippen MR) is 51.8 cm³/mol. The van der Waals surface area contributed by atoms with Crippen molar-refractivity contribution in [1.82, 2.24) is 0 Å². The van der Waals surface area contributed by atoms with Crippen molar-refractivity contribution >= 4 is 17.3 Å². The first-order valence-electron chi connectivity index (χ1n) is 3.59. The number of hydrogen-bond donors (Lipinski definition) is 2. The second kappa shape index (κ2) is 4.13. The van der Waals surface area contributed by atoms with Crippen LogP contribution in [0.15, 0.2) is 12.1 Å². The molecule has 4 N–H and O–H groups in total. The first-order valence-corrected chi connectivity index (χ1v) is 3.97. The van der Waals surface area contributed by atoms with Gasteiger partial charge in [0.2, 0.25) is 0 Å². The summed E-state index contributed by atoms with van der Waals surface area (Å²) in [6.45, 7) is 0.211. The molecule has 0 heterocycles. The van der Waals surface area contributed by atoms with Crippen molar-refractivity contribution in [3.8, 4) is 11.8 Å². The van der Waals surface area contributed by atoms with Crippen LogP contribution in [0.4, 0.5) is 10.1 Å². The summed E-state index contributed by atoms with van der Waals surface area (Å²) in [6.07, 6.45) is 0. The molecule has 2 nitrogen and oxygen atoms in total. The van der Waals surface area contributed by atoms with Gasteiger partial charge < -0.3 is 11.5 Å². The maximum absolute atomic E-state index is 13.1. The summed E-state index contributed by atoms with van der Waals surface area (Å²) in [6, 6.07) is 2.98. The SMILES string of the molecule is NCC#Cc1ccc(N)c(F)c1Cl. The normalized spacial score (nSPS) is 9.15. The van der Waals surface area contributed by atoms with E-state index in [0.29, 0.717) is 5.56 Å². The van der Waals surface area contributed by atoms with E-state index in [-0.39, 0.29) is 17.3 Å². The molecular weight excluding hydrogens is 191 g/mol. The first kappa shape index (κ1) is 9.85. The van der Waals surface area contributed by atoms with Crippen molar-refractivity contribution < 1.29 is 4.39 Å². The fourth-order valence-electron chi connectivity index (χ4n) is 0.807. The monoisotopic (exact) mass is 198 g/mol. The van der Waals surface area contributed by atoms with Gasteiger partial charge in [-0.05, 0) is 12.1 Å². The van der Waals surface area contributed by atoms with E-state index in [2.05, 4.69) is 11.8 Å². The van der Waals surface area contributed by atoms with E-state index in [9.17, 15) is 4.39 Å². The molecule has 1 aromatic rings. The Balaban J connectivity index is 3.18. The van der Waals surface area contributed by atoms with Crippen LogP contribution < -0.4 is 11.5 Å². The van der Waals surface area contributed by atoms with Crippen molar-refractivity contribution in [2.24, 2.45) is 5.73 Å². The number of nitrogens with two attached hydrogens (primary N) is 2. The first-order chi connectivity index (χ1) is 6.16. The number of anilines is 1. The van der Waals surface area contributed by atoms with Crippen LogP contribution in [0.25, 0.3) is 0 Å². The second-order valence-corrected chi connectivity index (χ2v) is 2.71. The van der Waals surface area contributed by atoms with E-state index < -0.39 is 5.82 Å². The van der Waals surface area contributed by atoms with E-state index in [0.717, 1.165) is 0 Å².